The van der Waals surface area contributed by atoms with Gasteiger partial charge >= 0.3 is 6.18 Å². The topological polar surface area (TPSA) is 29.9 Å². The van der Waals surface area contributed by atoms with Crippen molar-refractivity contribution in [3.63, 3.8) is 0 Å². The molecule has 0 saturated heterocycles. The Balaban J connectivity index is 1.92. The molecule has 0 bridgehead atoms. The number of hydrogen-bond acceptors (Lipinski definition) is 2. The lowest BCUT2D eigenvalue weighted by Gasteiger charge is -2.11. The van der Waals surface area contributed by atoms with Gasteiger partial charge in [-0.2, -0.15) is 18.3 Å². The number of fused-ring (bicyclic) bond motifs is 1. The first-order valence-electron chi connectivity index (χ1n) is 8.56. The molecule has 0 amide bonds. The van der Waals surface area contributed by atoms with E-state index in [1.807, 2.05) is 26.0 Å². The highest BCUT2D eigenvalue weighted by Gasteiger charge is 2.32. The summed E-state index contributed by atoms with van der Waals surface area (Å²) in [6.45, 7) is 4.71. The number of nitrogens with one attached hydrogen (secondary N) is 1. The summed E-state index contributed by atoms with van der Waals surface area (Å²) < 4.78 is 41.3. The van der Waals surface area contributed by atoms with Crippen LogP contribution in [0.4, 0.5) is 19.0 Å². The van der Waals surface area contributed by atoms with Crippen molar-refractivity contribution in [3.8, 4) is 16.9 Å². The maximum absolute atomic E-state index is 13.2. The second-order valence-corrected chi connectivity index (χ2v) is 7.15. The molecule has 0 radical (unpaired) electrons. The molecule has 1 aliphatic rings. The molecule has 0 fully saturated rings. The molecule has 1 N–H and O–H groups in total. The van der Waals surface area contributed by atoms with E-state index in [-0.39, 0.29) is 5.02 Å². The van der Waals surface area contributed by atoms with Crippen molar-refractivity contribution in [1.82, 2.24) is 9.78 Å². The number of benzene rings is 2. The highest BCUT2D eigenvalue weighted by atomic mass is 35.5. The summed E-state index contributed by atoms with van der Waals surface area (Å²) in [5.74, 6) is 0.811. The van der Waals surface area contributed by atoms with E-state index >= 15 is 0 Å². The molecule has 0 spiro atoms. The Morgan fingerprint density at radius 3 is 2.59 bits per heavy atom. The third-order valence-corrected chi connectivity index (χ3v) is 5.11. The van der Waals surface area contributed by atoms with Gasteiger partial charge in [0, 0.05) is 17.7 Å². The minimum atomic E-state index is -4.43. The van der Waals surface area contributed by atoms with Gasteiger partial charge in [0.25, 0.3) is 0 Å². The van der Waals surface area contributed by atoms with Crippen LogP contribution < -0.4 is 5.32 Å². The molecule has 1 aromatic heterocycles. The van der Waals surface area contributed by atoms with Crippen LogP contribution in [0.2, 0.25) is 5.02 Å². The van der Waals surface area contributed by atoms with Crippen LogP contribution >= 0.6 is 11.6 Å². The first-order chi connectivity index (χ1) is 12.8. The molecule has 27 heavy (non-hydrogen) atoms. The number of rotatable bonds is 2. The smallest absolute Gasteiger partial charge is 0.369 e. The number of aryl methyl sites for hydroxylation is 2. The van der Waals surface area contributed by atoms with Gasteiger partial charge in [-0.05, 0) is 50.1 Å². The molecule has 0 atom stereocenters. The van der Waals surface area contributed by atoms with Gasteiger partial charge in [-0.25, -0.2) is 4.68 Å². The predicted molar refractivity (Wildman–Crippen MR) is 101 cm³/mol. The first-order valence-corrected chi connectivity index (χ1v) is 8.94. The highest BCUT2D eigenvalue weighted by molar-refractivity contribution is 6.33. The molecule has 2 aromatic carbocycles. The number of hydrogen-bond donors (Lipinski definition) is 1. The zero-order valence-electron chi connectivity index (χ0n) is 14.8. The van der Waals surface area contributed by atoms with Gasteiger partial charge in [0.05, 0.1) is 22.0 Å². The van der Waals surface area contributed by atoms with Crippen LogP contribution in [0.5, 0.6) is 0 Å². The van der Waals surface area contributed by atoms with E-state index in [0.717, 1.165) is 40.3 Å². The molecule has 1 aliphatic heterocycles. The standard InChI is InChI=1S/C20H17ClF3N3/c1-11-3-6-17(12(2)9-11)27-19-14(7-8-25-19)18(26-27)15-10-13(20(22,23)24)4-5-16(15)21/h3-6,9-10,25H,7-8H2,1-2H3. The predicted octanol–water partition coefficient (Wildman–Crippen LogP) is 5.80. The fourth-order valence-corrected chi connectivity index (χ4v) is 3.70. The summed E-state index contributed by atoms with van der Waals surface area (Å²) in [4.78, 5) is 0. The zero-order chi connectivity index (χ0) is 19.3. The van der Waals surface area contributed by atoms with E-state index < -0.39 is 11.7 Å². The van der Waals surface area contributed by atoms with Gasteiger partial charge in [0.2, 0.25) is 0 Å². The molecule has 2 heterocycles. The largest absolute Gasteiger partial charge is 0.416 e. The normalized spacial score (nSPS) is 13.6. The fraction of sp³-hybridized carbons (Fsp3) is 0.250. The average molecular weight is 392 g/mol. The second-order valence-electron chi connectivity index (χ2n) is 6.75. The molecule has 0 aliphatic carbocycles. The molecule has 4 rings (SSSR count). The summed E-state index contributed by atoms with van der Waals surface area (Å²) in [6, 6.07) is 9.36. The van der Waals surface area contributed by atoms with Gasteiger partial charge in [-0.3, -0.25) is 0 Å². The van der Waals surface area contributed by atoms with E-state index in [9.17, 15) is 13.2 Å². The molecule has 3 nitrogen and oxygen atoms in total. The van der Waals surface area contributed by atoms with Crippen molar-refractivity contribution in [3.05, 3.63) is 63.7 Å². The lowest BCUT2D eigenvalue weighted by Crippen LogP contribution is -2.07. The summed E-state index contributed by atoms with van der Waals surface area (Å²) in [6.07, 6.45) is -3.75. The quantitative estimate of drug-likeness (QED) is 0.598. The summed E-state index contributed by atoms with van der Waals surface area (Å²) in [5, 5.41) is 8.20. The Bertz CT molecular complexity index is 1040. The molecule has 7 heteroatoms. The molecule has 140 valence electrons. The van der Waals surface area contributed by atoms with Gasteiger partial charge in [0.15, 0.2) is 0 Å². The Morgan fingerprint density at radius 1 is 1.11 bits per heavy atom. The van der Waals surface area contributed by atoms with E-state index in [1.54, 1.807) is 4.68 Å². The van der Waals surface area contributed by atoms with Crippen molar-refractivity contribution in [2.24, 2.45) is 0 Å². The van der Waals surface area contributed by atoms with Crippen LogP contribution in [0.1, 0.15) is 22.3 Å². The third kappa shape index (κ3) is 3.08. The Labute approximate surface area is 159 Å². The SMILES string of the molecule is Cc1ccc(-n2nc(-c3cc(C(F)(F)F)ccc3Cl)c3c2NCC3)c(C)c1. The lowest BCUT2D eigenvalue weighted by atomic mass is 10.0. The molecular formula is C20H17ClF3N3. The first kappa shape index (κ1) is 17.9. The minimum absolute atomic E-state index is 0.253. The van der Waals surface area contributed by atoms with E-state index in [2.05, 4.69) is 16.5 Å². The zero-order valence-corrected chi connectivity index (χ0v) is 15.5. The van der Waals surface area contributed by atoms with Gasteiger partial charge in [-0.15, -0.1) is 0 Å². The van der Waals surface area contributed by atoms with Crippen molar-refractivity contribution in [2.75, 3.05) is 11.9 Å². The summed E-state index contributed by atoms with van der Waals surface area (Å²) in [7, 11) is 0. The van der Waals surface area contributed by atoms with Crippen LogP contribution in [-0.2, 0) is 12.6 Å². The Kier molecular flexibility index (Phi) is 4.18. The maximum atomic E-state index is 13.2. The van der Waals surface area contributed by atoms with E-state index in [4.69, 9.17) is 11.6 Å². The van der Waals surface area contributed by atoms with Crippen LogP contribution in [0.15, 0.2) is 36.4 Å². The van der Waals surface area contributed by atoms with Crippen molar-refractivity contribution in [2.45, 2.75) is 26.4 Å². The number of alkyl halides is 3. The van der Waals surface area contributed by atoms with Crippen LogP contribution in [0.3, 0.4) is 0 Å². The fourth-order valence-electron chi connectivity index (χ4n) is 3.49. The van der Waals surface area contributed by atoms with E-state index in [0.29, 0.717) is 24.2 Å². The van der Waals surface area contributed by atoms with Gasteiger partial charge in [0.1, 0.15) is 5.82 Å². The molecule has 3 aromatic rings. The molecule has 0 unspecified atom stereocenters. The van der Waals surface area contributed by atoms with Crippen molar-refractivity contribution < 1.29 is 13.2 Å². The van der Waals surface area contributed by atoms with E-state index in [1.165, 1.54) is 6.07 Å². The highest BCUT2D eigenvalue weighted by Crippen LogP contribution is 2.40. The van der Waals surface area contributed by atoms with Crippen LogP contribution in [-0.4, -0.2) is 16.3 Å². The summed E-state index contributed by atoms with van der Waals surface area (Å²) in [5.41, 5.74) is 4.00. The number of halogens is 4. The lowest BCUT2D eigenvalue weighted by molar-refractivity contribution is -0.137. The monoisotopic (exact) mass is 391 g/mol. The van der Waals surface area contributed by atoms with Crippen LogP contribution in [0, 0.1) is 13.8 Å². The number of nitrogens with zero attached hydrogens (tertiary/aromatic N) is 2. The summed E-state index contributed by atoms with van der Waals surface area (Å²) >= 11 is 6.25. The van der Waals surface area contributed by atoms with Gasteiger partial charge in [-0.1, -0.05) is 29.3 Å². The minimum Gasteiger partial charge on any atom is -0.369 e. The Hall–Kier alpha value is -2.47. The second kappa shape index (κ2) is 6.30. The third-order valence-electron chi connectivity index (χ3n) is 4.78. The van der Waals surface area contributed by atoms with Gasteiger partial charge < -0.3 is 5.32 Å². The Morgan fingerprint density at radius 2 is 1.89 bits per heavy atom. The van der Waals surface area contributed by atoms with Crippen molar-refractivity contribution in [1.29, 1.82) is 0 Å². The number of anilines is 1. The molecule has 0 saturated carbocycles. The average Bonchev–Trinajstić information content (AvgIpc) is 3.17. The molecular weight excluding hydrogens is 375 g/mol. The van der Waals surface area contributed by atoms with Crippen LogP contribution in [0.25, 0.3) is 16.9 Å². The number of aromatic nitrogens is 2. The maximum Gasteiger partial charge on any atom is 0.416 e. The van der Waals surface area contributed by atoms with Crippen molar-refractivity contribution >= 4 is 17.4 Å².